The molecule has 0 aliphatic carbocycles. The number of thiazole rings is 1. The number of nitrogens with zero attached hydrogens (tertiary/aromatic N) is 3. The van der Waals surface area contributed by atoms with E-state index in [9.17, 15) is 0 Å². The Labute approximate surface area is 195 Å². The predicted octanol–water partition coefficient (Wildman–Crippen LogP) is 3.46. The van der Waals surface area contributed by atoms with E-state index in [0.717, 1.165) is 39.1 Å². The monoisotopic (exact) mass is 491 g/mol. The molecule has 1 saturated heterocycles. The zero-order valence-electron chi connectivity index (χ0n) is 16.4. The first-order valence-electron chi connectivity index (χ1n) is 8.20. The molecule has 0 radical (unpaired) electrons. The first-order valence-corrected chi connectivity index (χ1v) is 10.2. The van der Waals surface area contributed by atoms with Gasteiger partial charge in [-0.15, -0.1) is 48.6 Å². The number of rotatable bonds is 5. The Morgan fingerprint density at radius 3 is 2.14 bits per heavy atom. The van der Waals surface area contributed by atoms with Gasteiger partial charge in [-0.3, -0.25) is 4.90 Å². The highest BCUT2D eigenvalue weighted by atomic mass is 35.5. The summed E-state index contributed by atoms with van der Waals surface area (Å²) in [5.74, 6) is 0. The van der Waals surface area contributed by atoms with Gasteiger partial charge in [0.25, 0.3) is 0 Å². The van der Waals surface area contributed by atoms with Crippen molar-refractivity contribution in [2.24, 2.45) is 0 Å². The molecule has 10 heteroatoms. The molecule has 2 heterocycles. The summed E-state index contributed by atoms with van der Waals surface area (Å²) in [5, 5.41) is 0. The van der Waals surface area contributed by atoms with E-state index in [1.807, 2.05) is 11.3 Å². The van der Waals surface area contributed by atoms with Crippen LogP contribution in [0.3, 0.4) is 0 Å². The summed E-state index contributed by atoms with van der Waals surface area (Å²) in [6.45, 7) is 10.1. The molecule has 1 aromatic carbocycles. The van der Waals surface area contributed by atoms with Crippen LogP contribution >= 0.6 is 60.3 Å². The lowest BCUT2D eigenvalue weighted by Crippen LogP contribution is -2.47. The number of para-hydroxylation sites is 1. The van der Waals surface area contributed by atoms with Crippen molar-refractivity contribution < 1.29 is 11.0 Å². The third-order valence-corrected chi connectivity index (χ3v) is 6.73. The van der Waals surface area contributed by atoms with Gasteiger partial charge in [-0.05, 0) is 38.2 Å². The van der Waals surface area contributed by atoms with Crippen molar-refractivity contribution in [1.29, 1.82) is 0 Å². The number of aromatic nitrogens is 1. The minimum absolute atomic E-state index is 0. The summed E-state index contributed by atoms with van der Waals surface area (Å²) >= 11 is 3.61. The summed E-state index contributed by atoms with van der Waals surface area (Å²) in [5.41, 5.74) is 4.00. The SMILES string of the molecule is CSc1nc(C)c(CCN2CCN(c3ccccc3C)CC2)s1.Cl.Cl.Cl.O.O. The summed E-state index contributed by atoms with van der Waals surface area (Å²) in [7, 11) is 0. The van der Waals surface area contributed by atoms with Gasteiger partial charge in [-0.1, -0.05) is 30.0 Å². The number of piperazine rings is 1. The van der Waals surface area contributed by atoms with E-state index in [1.54, 1.807) is 11.8 Å². The molecule has 0 atom stereocenters. The fraction of sp³-hybridized carbons (Fsp3) is 0.500. The zero-order valence-corrected chi connectivity index (χ0v) is 20.5. The minimum atomic E-state index is 0. The summed E-state index contributed by atoms with van der Waals surface area (Å²) in [4.78, 5) is 11.2. The number of hydrogen-bond acceptors (Lipinski definition) is 5. The van der Waals surface area contributed by atoms with Crippen LogP contribution in [-0.4, -0.2) is 59.8 Å². The number of aryl methyl sites for hydroxylation is 2. The molecule has 164 valence electrons. The number of halogens is 3. The quantitative estimate of drug-likeness (QED) is 0.598. The predicted molar refractivity (Wildman–Crippen MR) is 131 cm³/mol. The highest BCUT2D eigenvalue weighted by molar-refractivity contribution is 8.00. The largest absolute Gasteiger partial charge is 0.412 e. The lowest BCUT2D eigenvalue weighted by atomic mass is 10.1. The summed E-state index contributed by atoms with van der Waals surface area (Å²) in [6, 6.07) is 8.72. The maximum atomic E-state index is 4.61. The Morgan fingerprint density at radius 2 is 1.61 bits per heavy atom. The van der Waals surface area contributed by atoms with Gasteiger partial charge in [0.15, 0.2) is 0 Å². The molecule has 0 unspecified atom stereocenters. The maximum absolute atomic E-state index is 4.61. The van der Waals surface area contributed by atoms with Crippen molar-refractivity contribution in [1.82, 2.24) is 9.88 Å². The van der Waals surface area contributed by atoms with Crippen LogP contribution in [0.5, 0.6) is 0 Å². The normalized spacial score (nSPS) is 13.2. The van der Waals surface area contributed by atoms with Crippen molar-refractivity contribution in [2.75, 3.05) is 43.9 Å². The van der Waals surface area contributed by atoms with Crippen LogP contribution in [-0.2, 0) is 6.42 Å². The van der Waals surface area contributed by atoms with E-state index in [1.165, 1.54) is 26.2 Å². The van der Waals surface area contributed by atoms with Gasteiger partial charge in [-0.25, -0.2) is 4.98 Å². The van der Waals surface area contributed by atoms with Crippen LogP contribution in [0.2, 0.25) is 0 Å². The second-order valence-corrected chi connectivity index (χ2v) is 8.19. The standard InChI is InChI=1S/C18H25N3S2.3ClH.2H2O/c1-14-6-4-5-7-16(14)21-12-10-20(11-13-21)9-8-17-15(2)19-18(22-3)23-17;;;;;/h4-7H,8-13H2,1-3H3;3*1H;2*1H2. The average Bonchev–Trinajstić information content (AvgIpc) is 2.94. The van der Waals surface area contributed by atoms with E-state index in [-0.39, 0.29) is 48.2 Å². The summed E-state index contributed by atoms with van der Waals surface area (Å²) < 4.78 is 1.20. The van der Waals surface area contributed by atoms with Crippen molar-refractivity contribution in [3.05, 3.63) is 40.4 Å². The molecule has 0 bridgehead atoms. The molecule has 28 heavy (non-hydrogen) atoms. The third-order valence-electron chi connectivity index (χ3n) is 4.53. The number of thioether (sulfide) groups is 1. The Kier molecular flexibility index (Phi) is 18.0. The van der Waals surface area contributed by atoms with E-state index in [2.05, 4.69) is 59.2 Å². The molecule has 0 spiro atoms. The lowest BCUT2D eigenvalue weighted by molar-refractivity contribution is 0.261. The Hall–Kier alpha value is -0.250. The van der Waals surface area contributed by atoms with Gasteiger partial charge >= 0.3 is 0 Å². The lowest BCUT2D eigenvalue weighted by Gasteiger charge is -2.36. The average molecular weight is 493 g/mol. The molecule has 3 rings (SSSR count). The Morgan fingerprint density at radius 1 is 1.00 bits per heavy atom. The molecule has 4 N–H and O–H groups in total. The van der Waals surface area contributed by atoms with Gasteiger partial charge < -0.3 is 15.9 Å². The second kappa shape index (κ2) is 15.6. The second-order valence-electron chi connectivity index (χ2n) is 6.06. The van der Waals surface area contributed by atoms with Crippen LogP contribution in [0, 0.1) is 13.8 Å². The molecule has 5 nitrogen and oxygen atoms in total. The molecule has 2 aromatic rings. The van der Waals surface area contributed by atoms with E-state index in [4.69, 9.17) is 0 Å². The van der Waals surface area contributed by atoms with Crippen molar-refractivity contribution in [2.45, 2.75) is 24.6 Å². The van der Waals surface area contributed by atoms with E-state index in [0.29, 0.717) is 0 Å². The van der Waals surface area contributed by atoms with Gasteiger partial charge in [0.2, 0.25) is 0 Å². The van der Waals surface area contributed by atoms with Gasteiger partial charge in [0.1, 0.15) is 4.34 Å². The van der Waals surface area contributed by atoms with Gasteiger partial charge in [0.05, 0.1) is 5.69 Å². The van der Waals surface area contributed by atoms with Crippen molar-refractivity contribution >= 4 is 66.0 Å². The molecule has 1 aliphatic rings. The molecule has 0 amide bonds. The van der Waals surface area contributed by atoms with Gasteiger partial charge in [-0.2, -0.15) is 0 Å². The molecular formula is C18H32Cl3N3O2S2. The number of anilines is 1. The maximum Gasteiger partial charge on any atom is 0.150 e. The van der Waals surface area contributed by atoms with Crippen LogP contribution in [0.25, 0.3) is 0 Å². The summed E-state index contributed by atoms with van der Waals surface area (Å²) in [6.07, 6.45) is 3.24. The highest BCUT2D eigenvalue weighted by Crippen LogP contribution is 2.26. The van der Waals surface area contributed by atoms with Crippen LogP contribution in [0.1, 0.15) is 16.1 Å². The highest BCUT2D eigenvalue weighted by Gasteiger charge is 2.18. The fourth-order valence-electron chi connectivity index (χ4n) is 3.11. The molecule has 0 saturated carbocycles. The number of hydrogen-bond donors (Lipinski definition) is 0. The third kappa shape index (κ3) is 8.24. The molecule has 1 fully saturated rings. The number of benzene rings is 1. The minimum Gasteiger partial charge on any atom is -0.412 e. The first-order chi connectivity index (χ1) is 11.2. The van der Waals surface area contributed by atoms with E-state index < -0.39 is 0 Å². The smallest absolute Gasteiger partial charge is 0.150 e. The van der Waals surface area contributed by atoms with Crippen LogP contribution in [0.15, 0.2) is 28.6 Å². The first kappa shape index (κ1) is 32.4. The Bertz CT molecular complexity index is 669. The van der Waals surface area contributed by atoms with E-state index >= 15 is 0 Å². The Balaban J connectivity index is -0.00000125. The topological polar surface area (TPSA) is 82.4 Å². The molecule has 1 aliphatic heterocycles. The fourth-order valence-corrected chi connectivity index (χ4v) is 4.75. The zero-order chi connectivity index (χ0) is 16.2. The molecular weight excluding hydrogens is 461 g/mol. The van der Waals surface area contributed by atoms with Crippen LogP contribution in [0.4, 0.5) is 5.69 Å². The van der Waals surface area contributed by atoms with Crippen molar-refractivity contribution in [3.8, 4) is 0 Å². The van der Waals surface area contributed by atoms with Crippen molar-refractivity contribution in [3.63, 3.8) is 0 Å². The van der Waals surface area contributed by atoms with Gasteiger partial charge in [0, 0.05) is 43.3 Å². The van der Waals surface area contributed by atoms with Crippen LogP contribution < -0.4 is 4.90 Å². The molecule has 1 aromatic heterocycles.